The molecule has 0 aliphatic heterocycles. The summed E-state index contributed by atoms with van der Waals surface area (Å²) in [5, 5.41) is 11.0. The summed E-state index contributed by atoms with van der Waals surface area (Å²) in [4.78, 5) is 0. The van der Waals surface area contributed by atoms with Crippen LogP contribution in [0, 0.1) is 0 Å². The zero-order valence-electron chi connectivity index (χ0n) is 9.06. The minimum absolute atomic E-state index is 0.574. The van der Waals surface area contributed by atoms with Gasteiger partial charge in [-0.15, -0.1) is 0 Å². The van der Waals surface area contributed by atoms with Crippen LogP contribution < -0.4 is 0 Å². The molecule has 1 rings (SSSR count). The molecule has 0 saturated heterocycles. The summed E-state index contributed by atoms with van der Waals surface area (Å²) in [5.74, 6) is 0. The average molecular weight is 247 g/mol. The quantitative estimate of drug-likeness (QED) is 0.849. The van der Waals surface area contributed by atoms with Gasteiger partial charge in [0.25, 0.3) is 0 Å². The van der Waals surface area contributed by atoms with Crippen LogP contribution in [0.1, 0.15) is 32.3 Å². The number of hydrogen-bond donors (Lipinski definition) is 1. The third-order valence-corrected chi connectivity index (χ3v) is 3.58. The predicted molar refractivity (Wildman–Crippen MR) is 65.7 cm³/mol. The molecule has 0 aliphatic carbocycles. The maximum atomic E-state index is 9.87. The Hall–Kier alpha value is -0.240. The molecule has 0 amide bonds. The molecule has 0 heterocycles. The molecule has 0 saturated carbocycles. The van der Waals surface area contributed by atoms with E-state index in [1.165, 1.54) is 0 Å². The second kappa shape index (κ2) is 5.20. The van der Waals surface area contributed by atoms with Crippen LogP contribution in [0.4, 0.5) is 0 Å². The lowest BCUT2D eigenvalue weighted by molar-refractivity contribution is 0.0473. The highest BCUT2D eigenvalue weighted by Crippen LogP contribution is 2.28. The van der Waals surface area contributed by atoms with Crippen LogP contribution in [0.15, 0.2) is 18.2 Å². The van der Waals surface area contributed by atoms with E-state index in [9.17, 15) is 5.11 Å². The van der Waals surface area contributed by atoms with Gasteiger partial charge < -0.3 is 5.11 Å². The summed E-state index contributed by atoms with van der Waals surface area (Å²) in [5.41, 5.74) is 0.379. The van der Waals surface area contributed by atoms with E-state index in [1.54, 1.807) is 6.07 Å². The van der Waals surface area contributed by atoms with Crippen molar-refractivity contribution in [2.75, 3.05) is 0 Å². The molecule has 3 heteroatoms. The normalized spacial score (nSPS) is 15.0. The highest BCUT2D eigenvalue weighted by molar-refractivity contribution is 6.42. The lowest BCUT2D eigenvalue weighted by Gasteiger charge is -2.21. The molecule has 1 unspecified atom stereocenters. The summed E-state index contributed by atoms with van der Waals surface area (Å²) in [6.07, 6.45) is 2.19. The maximum absolute atomic E-state index is 9.87. The Morgan fingerprint density at radius 2 is 2.00 bits per heavy atom. The maximum Gasteiger partial charge on any atom is 0.0624 e. The number of rotatable bonds is 4. The van der Waals surface area contributed by atoms with E-state index < -0.39 is 5.60 Å². The summed E-state index contributed by atoms with van der Waals surface area (Å²) in [6.45, 7) is 3.81. The Morgan fingerprint density at radius 3 is 2.60 bits per heavy atom. The van der Waals surface area contributed by atoms with E-state index in [1.807, 2.05) is 26.0 Å². The smallest absolute Gasteiger partial charge is 0.0624 e. The van der Waals surface area contributed by atoms with E-state index in [0.29, 0.717) is 16.5 Å². The standard InChI is InChI=1S/C12H16Cl2O/c1-3-12(2,15)8-7-9-5-4-6-10(13)11(9)14/h4-6,15H,3,7-8H2,1-2H3. The molecule has 0 radical (unpaired) electrons. The minimum Gasteiger partial charge on any atom is -0.390 e. The fourth-order valence-electron chi connectivity index (χ4n) is 1.32. The Morgan fingerprint density at radius 1 is 1.33 bits per heavy atom. The lowest BCUT2D eigenvalue weighted by Crippen LogP contribution is -2.23. The Bertz CT molecular complexity index is 334. The van der Waals surface area contributed by atoms with Crippen molar-refractivity contribution in [3.63, 3.8) is 0 Å². The second-order valence-corrected chi connectivity index (χ2v) is 4.85. The van der Waals surface area contributed by atoms with E-state index in [2.05, 4.69) is 0 Å². The molecule has 1 aromatic carbocycles. The van der Waals surface area contributed by atoms with Gasteiger partial charge in [-0.1, -0.05) is 42.3 Å². The first-order chi connectivity index (χ1) is 6.96. The Labute approximate surface area is 101 Å². The SMILES string of the molecule is CCC(C)(O)CCc1cccc(Cl)c1Cl. The van der Waals surface area contributed by atoms with Gasteiger partial charge >= 0.3 is 0 Å². The lowest BCUT2D eigenvalue weighted by atomic mass is 9.94. The number of aryl methyl sites for hydroxylation is 1. The van der Waals surface area contributed by atoms with Crippen LogP contribution in [0.3, 0.4) is 0 Å². The summed E-state index contributed by atoms with van der Waals surface area (Å²) >= 11 is 12.0. The van der Waals surface area contributed by atoms with Gasteiger partial charge in [0.2, 0.25) is 0 Å². The first-order valence-electron chi connectivity index (χ1n) is 5.11. The van der Waals surface area contributed by atoms with Crippen molar-refractivity contribution in [3.8, 4) is 0 Å². The molecule has 1 atom stereocenters. The zero-order chi connectivity index (χ0) is 11.5. The number of aliphatic hydroxyl groups is 1. The van der Waals surface area contributed by atoms with Crippen LogP contribution in [-0.2, 0) is 6.42 Å². The zero-order valence-corrected chi connectivity index (χ0v) is 10.6. The van der Waals surface area contributed by atoms with Gasteiger partial charge in [0, 0.05) is 0 Å². The van der Waals surface area contributed by atoms with E-state index in [-0.39, 0.29) is 0 Å². The topological polar surface area (TPSA) is 20.2 Å². The van der Waals surface area contributed by atoms with Gasteiger partial charge in [-0.25, -0.2) is 0 Å². The van der Waals surface area contributed by atoms with Crippen molar-refractivity contribution >= 4 is 23.2 Å². The van der Waals surface area contributed by atoms with Crippen molar-refractivity contribution in [2.24, 2.45) is 0 Å². The van der Waals surface area contributed by atoms with Crippen molar-refractivity contribution in [1.29, 1.82) is 0 Å². The van der Waals surface area contributed by atoms with Gasteiger partial charge in [0.1, 0.15) is 0 Å². The van der Waals surface area contributed by atoms with Crippen molar-refractivity contribution < 1.29 is 5.11 Å². The van der Waals surface area contributed by atoms with Crippen LogP contribution in [0.25, 0.3) is 0 Å². The van der Waals surface area contributed by atoms with Crippen LogP contribution in [-0.4, -0.2) is 10.7 Å². The largest absolute Gasteiger partial charge is 0.390 e. The molecular weight excluding hydrogens is 231 g/mol. The molecule has 1 aromatic rings. The van der Waals surface area contributed by atoms with Crippen molar-refractivity contribution in [2.45, 2.75) is 38.7 Å². The fourth-order valence-corrected chi connectivity index (χ4v) is 1.74. The number of hydrogen-bond acceptors (Lipinski definition) is 1. The third kappa shape index (κ3) is 3.67. The van der Waals surface area contributed by atoms with Gasteiger partial charge in [0.15, 0.2) is 0 Å². The molecule has 0 spiro atoms. The highest BCUT2D eigenvalue weighted by atomic mass is 35.5. The van der Waals surface area contributed by atoms with Crippen molar-refractivity contribution in [1.82, 2.24) is 0 Å². The van der Waals surface area contributed by atoms with Crippen LogP contribution in [0.2, 0.25) is 10.0 Å². The summed E-state index contributed by atoms with van der Waals surface area (Å²) in [6, 6.07) is 5.59. The molecule has 1 nitrogen and oxygen atoms in total. The predicted octanol–water partition coefficient (Wildman–Crippen LogP) is 4.09. The molecule has 0 aliphatic rings. The minimum atomic E-state index is -0.619. The first kappa shape index (κ1) is 12.8. The summed E-state index contributed by atoms with van der Waals surface area (Å²) < 4.78 is 0. The first-order valence-corrected chi connectivity index (χ1v) is 5.87. The molecule has 0 aromatic heterocycles. The third-order valence-electron chi connectivity index (χ3n) is 2.73. The fraction of sp³-hybridized carbons (Fsp3) is 0.500. The molecule has 1 N–H and O–H groups in total. The second-order valence-electron chi connectivity index (χ2n) is 4.06. The van der Waals surface area contributed by atoms with Crippen LogP contribution in [0.5, 0.6) is 0 Å². The Balaban J connectivity index is 2.70. The molecule has 0 bridgehead atoms. The number of benzene rings is 1. The molecule has 0 fully saturated rings. The molecular formula is C12H16Cl2O. The molecule has 84 valence electrons. The average Bonchev–Trinajstić information content (AvgIpc) is 2.20. The molecule has 15 heavy (non-hydrogen) atoms. The van der Waals surface area contributed by atoms with Gasteiger partial charge in [-0.2, -0.15) is 0 Å². The highest BCUT2D eigenvalue weighted by Gasteiger charge is 2.17. The van der Waals surface area contributed by atoms with E-state index >= 15 is 0 Å². The monoisotopic (exact) mass is 246 g/mol. The van der Waals surface area contributed by atoms with Gasteiger partial charge in [-0.05, 0) is 37.8 Å². The summed E-state index contributed by atoms with van der Waals surface area (Å²) in [7, 11) is 0. The van der Waals surface area contributed by atoms with Gasteiger partial charge in [0.05, 0.1) is 15.6 Å². The van der Waals surface area contributed by atoms with Crippen LogP contribution >= 0.6 is 23.2 Å². The van der Waals surface area contributed by atoms with E-state index in [0.717, 1.165) is 18.4 Å². The van der Waals surface area contributed by atoms with E-state index in [4.69, 9.17) is 23.2 Å². The van der Waals surface area contributed by atoms with Gasteiger partial charge in [-0.3, -0.25) is 0 Å². The Kier molecular flexibility index (Phi) is 4.45. The number of halogens is 2. The van der Waals surface area contributed by atoms with Crippen molar-refractivity contribution in [3.05, 3.63) is 33.8 Å².